The molecule has 0 atom stereocenters. The second-order valence-electron chi connectivity index (χ2n) is 4.85. The molecule has 0 amide bonds. The molecule has 1 N–H and O–H groups in total. The van der Waals surface area contributed by atoms with Crippen molar-refractivity contribution in [2.24, 2.45) is 0 Å². The Hall–Kier alpha value is -3.04. The molecule has 3 heterocycles. The van der Waals surface area contributed by atoms with Crippen molar-refractivity contribution in [3.05, 3.63) is 42.1 Å². The van der Waals surface area contributed by atoms with Crippen LogP contribution in [0.15, 0.2) is 30.6 Å². The number of hydrogen-bond acceptors (Lipinski definition) is 5. The number of pyridine rings is 2. The maximum atomic E-state index is 12.9. The third kappa shape index (κ3) is 3.31. The zero-order valence-electron chi connectivity index (χ0n) is 11.9. The molecule has 0 aliphatic carbocycles. The predicted molar refractivity (Wildman–Crippen MR) is 76.4 cm³/mol. The van der Waals surface area contributed by atoms with Gasteiger partial charge in [0.05, 0.1) is 17.1 Å². The summed E-state index contributed by atoms with van der Waals surface area (Å²) in [5.74, 6) is -0.280. The van der Waals surface area contributed by atoms with Crippen LogP contribution in [0.25, 0.3) is 10.9 Å². The van der Waals surface area contributed by atoms with E-state index in [1.54, 1.807) is 0 Å². The molecule has 0 radical (unpaired) electrons. The minimum atomic E-state index is -4.49. The van der Waals surface area contributed by atoms with Gasteiger partial charge in [-0.15, -0.1) is 0 Å². The number of aromatic nitrogens is 4. The second-order valence-corrected chi connectivity index (χ2v) is 4.85. The number of carbonyl (C=O) groups excluding carboxylic acids is 1. The molecular formula is C14H9F4N5O. The number of rotatable bonds is 4. The average Bonchev–Trinajstić information content (AvgIpc) is 2.85. The van der Waals surface area contributed by atoms with E-state index in [0.29, 0.717) is 6.29 Å². The lowest BCUT2D eigenvalue weighted by molar-refractivity contribution is -0.141. The zero-order chi connectivity index (χ0) is 17.3. The van der Waals surface area contributed by atoms with Crippen molar-refractivity contribution in [3.8, 4) is 0 Å². The molecule has 6 nitrogen and oxygen atoms in total. The summed E-state index contributed by atoms with van der Waals surface area (Å²) in [6.45, 7) is -1.33. The molecule has 3 aromatic heterocycles. The highest BCUT2D eigenvalue weighted by molar-refractivity contribution is 5.93. The van der Waals surface area contributed by atoms with Gasteiger partial charge in [-0.05, 0) is 18.2 Å². The van der Waals surface area contributed by atoms with E-state index in [0.717, 1.165) is 16.9 Å². The van der Waals surface area contributed by atoms with Gasteiger partial charge in [0.25, 0.3) is 0 Å². The fourth-order valence-corrected chi connectivity index (χ4v) is 2.10. The number of carbonyl (C=O) groups is 1. The number of hydrogen-bond donors (Lipinski definition) is 1. The minimum absolute atomic E-state index is 0.0164. The summed E-state index contributed by atoms with van der Waals surface area (Å²) in [6.07, 6.45) is -1.86. The predicted octanol–water partition coefficient (Wildman–Crippen LogP) is 3.08. The van der Waals surface area contributed by atoms with Crippen molar-refractivity contribution >= 4 is 28.8 Å². The van der Waals surface area contributed by atoms with E-state index < -0.39 is 18.5 Å². The van der Waals surface area contributed by atoms with Gasteiger partial charge in [0.15, 0.2) is 12.1 Å². The molecule has 0 bridgehead atoms. The first-order chi connectivity index (χ1) is 11.4. The molecule has 0 aromatic carbocycles. The Morgan fingerprint density at radius 2 is 2.00 bits per heavy atom. The van der Waals surface area contributed by atoms with Gasteiger partial charge in [-0.3, -0.25) is 14.5 Å². The van der Waals surface area contributed by atoms with Gasteiger partial charge in [-0.25, -0.2) is 9.37 Å². The number of alkyl halides is 3. The highest BCUT2D eigenvalue weighted by Gasteiger charge is 2.30. The van der Waals surface area contributed by atoms with E-state index in [2.05, 4.69) is 20.4 Å². The number of halogens is 4. The standard InChI is InChI=1S/C14H9F4N5O/c15-8-1-2-12(20-4-8)21-13-10-5-19-9(6-24)3-11(10)23(22-13)7-14(16,17)18/h1-6H,7H2,(H,20,21,22). The van der Waals surface area contributed by atoms with Crippen LogP contribution in [0.1, 0.15) is 10.5 Å². The molecule has 0 unspecified atom stereocenters. The Balaban J connectivity index is 2.06. The van der Waals surface area contributed by atoms with Crippen LogP contribution in [0.3, 0.4) is 0 Å². The molecule has 0 spiro atoms. The van der Waals surface area contributed by atoms with E-state index in [-0.39, 0.29) is 28.2 Å². The molecule has 124 valence electrons. The minimum Gasteiger partial charge on any atom is -0.323 e. The molecule has 0 aliphatic heterocycles. The van der Waals surface area contributed by atoms with Crippen molar-refractivity contribution in [2.45, 2.75) is 12.7 Å². The van der Waals surface area contributed by atoms with Crippen LogP contribution < -0.4 is 5.32 Å². The van der Waals surface area contributed by atoms with Gasteiger partial charge in [0, 0.05) is 6.20 Å². The first-order valence-electron chi connectivity index (χ1n) is 6.63. The maximum Gasteiger partial charge on any atom is 0.408 e. The topological polar surface area (TPSA) is 72.7 Å². The number of nitrogens with zero attached hydrogens (tertiary/aromatic N) is 4. The van der Waals surface area contributed by atoms with E-state index in [1.165, 1.54) is 18.3 Å². The van der Waals surface area contributed by atoms with Crippen molar-refractivity contribution < 1.29 is 22.4 Å². The zero-order valence-corrected chi connectivity index (χ0v) is 11.9. The van der Waals surface area contributed by atoms with Crippen LogP contribution in [0.4, 0.5) is 29.2 Å². The summed E-state index contributed by atoms with van der Waals surface area (Å²) < 4.78 is 51.7. The average molecular weight is 339 g/mol. The third-order valence-corrected chi connectivity index (χ3v) is 3.08. The molecule has 0 saturated carbocycles. The van der Waals surface area contributed by atoms with Gasteiger partial charge in [-0.1, -0.05) is 0 Å². The quantitative estimate of drug-likeness (QED) is 0.584. The monoisotopic (exact) mass is 339 g/mol. The summed E-state index contributed by atoms with van der Waals surface area (Å²) in [6, 6.07) is 3.68. The Kier molecular flexibility index (Phi) is 3.87. The van der Waals surface area contributed by atoms with E-state index in [1.807, 2.05) is 0 Å². The van der Waals surface area contributed by atoms with Gasteiger partial charge >= 0.3 is 6.18 Å². The lowest BCUT2D eigenvalue weighted by atomic mass is 10.2. The summed E-state index contributed by atoms with van der Waals surface area (Å²) in [5.41, 5.74) is 0.0753. The van der Waals surface area contributed by atoms with Crippen LogP contribution in [-0.4, -0.2) is 32.2 Å². The van der Waals surface area contributed by atoms with Crippen molar-refractivity contribution in [2.75, 3.05) is 5.32 Å². The van der Waals surface area contributed by atoms with Gasteiger partial charge in [0.1, 0.15) is 23.9 Å². The molecule has 0 aliphatic rings. The van der Waals surface area contributed by atoms with E-state index in [9.17, 15) is 22.4 Å². The van der Waals surface area contributed by atoms with Gasteiger partial charge in [-0.2, -0.15) is 18.3 Å². The smallest absolute Gasteiger partial charge is 0.323 e. The molecule has 3 rings (SSSR count). The van der Waals surface area contributed by atoms with Gasteiger partial charge < -0.3 is 5.32 Å². The highest BCUT2D eigenvalue weighted by Crippen LogP contribution is 2.28. The highest BCUT2D eigenvalue weighted by atomic mass is 19.4. The molecule has 0 fully saturated rings. The third-order valence-electron chi connectivity index (χ3n) is 3.08. The molecule has 24 heavy (non-hydrogen) atoms. The first kappa shape index (κ1) is 15.8. The van der Waals surface area contributed by atoms with Crippen molar-refractivity contribution in [1.29, 1.82) is 0 Å². The number of anilines is 2. The lowest BCUT2D eigenvalue weighted by Crippen LogP contribution is -2.18. The summed E-state index contributed by atoms with van der Waals surface area (Å²) >= 11 is 0. The number of aldehydes is 1. The second kappa shape index (κ2) is 5.87. The fraction of sp³-hybridized carbons (Fsp3) is 0.143. The van der Waals surface area contributed by atoms with Crippen LogP contribution in [-0.2, 0) is 6.54 Å². The summed E-state index contributed by atoms with van der Waals surface area (Å²) in [5, 5.41) is 6.85. The molecule has 3 aromatic rings. The van der Waals surface area contributed by atoms with Crippen molar-refractivity contribution in [1.82, 2.24) is 19.7 Å². The van der Waals surface area contributed by atoms with E-state index >= 15 is 0 Å². The maximum absolute atomic E-state index is 12.9. The van der Waals surface area contributed by atoms with Crippen LogP contribution >= 0.6 is 0 Å². The Labute approximate surface area is 132 Å². The summed E-state index contributed by atoms with van der Waals surface area (Å²) in [7, 11) is 0. The van der Waals surface area contributed by atoms with Gasteiger partial charge in [0.2, 0.25) is 0 Å². The van der Waals surface area contributed by atoms with Crippen LogP contribution in [0, 0.1) is 5.82 Å². The Bertz CT molecular complexity index is 889. The van der Waals surface area contributed by atoms with Crippen LogP contribution in [0.2, 0.25) is 0 Å². The SMILES string of the molecule is O=Cc1cc2c(cn1)c(Nc1ccc(F)cn1)nn2CC(F)(F)F. The number of nitrogens with one attached hydrogen (secondary N) is 1. The molecule has 10 heteroatoms. The largest absolute Gasteiger partial charge is 0.408 e. The molecular weight excluding hydrogens is 330 g/mol. The van der Waals surface area contributed by atoms with Crippen molar-refractivity contribution in [3.63, 3.8) is 0 Å². The first-order valence-corrected chi connectivity index (χ1v) is 6.63. The number of fused-ring (bicyclic) bond motifs is 1. The molecule has 0 saturated heterocycles. The van der Waals surface area contributed by atoms with E-state index in [4.69, 9.17) is 0 Å². The normalized spacial score (nSPS) is 11.7. The Morgan fingerprint density at radius 1 is 1.21 bits per heavy atom. The summed E-state index contributed by atoms with van der Waals surface area (Å²) in [4.78, 5) is 18.4. The lowest BCUT2D eigenvalue weighted by Gasteiger charge is -2.07. The Morgan fingerprint density at radius 3 is 2.62 bits per heavy atom. The van der Waals surface area contributed by atoms with Crippen LogP contribution in [0.5, 0.6) is 0 Å². The fourth-order valence-electron chi connectivity index (χ4n) is 2.10.